The molecule has 2 aliphatic carbocycles. The number of guanidine groups is 1. The van der Waals surface area contributed by atoms with Gasteiger partial charge in [-0.25, -0.2) is 4.99 Å². The van der Waals surface area contributed by atoms with Gasteiger partial charge in [0.2, 0.25) is 0 Å². The van der Waals surface area contributed by atoms with Gasteiger partial charge < -0.3 is 10.6 Å². The van der Waals surface area contributed by atoms with Crippen molar-refractivity contribution < 1.29 is 0 Å². The molecule has 3 nitrogen and oxygen atoms in total. The lowest BCUT2D eigenvalue weighted by Crippen LogP contribution is -2.42. The molecule has 3 heteroatoms. The maximum absolute atomic E-state index is 6.13. The maximum Gasteiger partial charge on any atom is 0.191 e. The van der Waals surface area contributed by atoms with Gasteiger partial charge in [-0.05, 0) is 37.0 Å². The van der Waals surface area contributed by atoms with Gasteiger partial charge in [0.25, 0.3) is 0 Å². The zero-order chi connectivity index (χ0) is 11.8. The minimum Gasteiger partial charge on any atom is -0.370 e. The summed E-state index contributed by atoms with van der Waals surface area (Å²) in [5, 5.41) is 0. The van der Waals surface area contributed by atoms with Gasteiger partial charge in [-0.15, -0.1) is 0 Å². The van der Waals surface area contributed by atoms with Crippen LogP contribution >= 0.6 is 0 Å². The van der Waals surface area contributed by atoms with Crippen molar-refractivity contribution in [2.75, 3.05) is 13.1 Å². The molecule has 17 heavy (non-hydrogen) atoms. The summed E-state index contributed by atoms with van der Waals surface area (Å²) in [6, 6.07) is 0.569. The predicted molar refractivity (Wildman–Crippen MR) is 70.8 cm³/mol. The maximum atomic E-state index is 6.13. The minimum absolute atomic E-state index is 0.569. The van der Waals surface area contributed by atoms with E-state index in [1.54, 1.807) is 0 Å². The van der Waals surface area contributed by atoms with Crippen molar-refractivity contribution in [3.8, 4) is 0 Å². The lowest BCUT2D eigenvalue weighted by Gasteiger charge is -2.31. The Labute approximate surface area is 104 Å². The van der Waals surface area contributed by atoms with Gasteiger partial charge in [-0.1, -0.05) is 26.2 Å². The molecule has 0 bridgehead atoms. The normalized spacial score (nSPS) is 35.8. The van der Waals surface area contributed by atoms with E-state index in [1.807, 2.05) is 0 Å². The number of hydrogen-bond donors (Lipinski definition) is 1. The van der Waals surface area contributed by atoms with E-state index in [9.17, 15) is 0 Å². The summed E-state index contributed by atoms with van der Waals surface area (Å²) in [7, 11) is 0. The van der Waals surface area contributed by atoms with Crippen molar-refractivity contribution in [2.45, 2.75) is 51.5 Å². The number of likely N-dealkylation sites (tertiary alicyclic amines) is 1. The molecule has 0 radical (unpaired) electrons. The topological polar surface area (TPSA) is 41.6 Å². The Morgan fingerprint density at radius 2 is 1.88 bits per heavy atom. The summed E-state index contributed by atoms with van der Waals surface area (Å²) in [5.41, 5.74) is 6.13. The van der Waals surface area contributed by atoms with Crippen LogP contribution in [-0.4, -0.2) is 30.0 Å². The second-order valence-corrected chi connectivity index (χ2v) is 6.31. The predicted octanol–water partition coefficient (Wildman–Crippen LogP) is 2.22. The zero-order valence-electron chi connectivity index (χ0n) is 10.9. The van der Waals surface area contributed by atoms with Gasteiger partial charge in [-0.3, -0.25) is 0 Å². The van der Waals surface area contributed by atoms with Crippen LogP contribution in [0, 0.1) is 17.8 Å². The standard InChI is InChI=1S/C14H25N3/c1-10-5-7-17(8-6-10)14(15)16-13-9-12(13)11-3-2-4-11/h10-13H,2-9H2,1H3,(H2,15,16)/t12-,13+/m0/s1. The summed E-state index contributed by atoms with van der Waals surface area (Å²) in [6.45, 7) is 4.55. The molecule has 96 valence electrons. The summed E-state index contributed by atoms with van der Waals surface area (Å²) < 4.78 is 0. The van der Waals surface area contributed by atoms with Crippen molar-refractivity contribution in [2.24, 2.45) is 28.5 Å². The molecule has 0 aromatic heterocycles. The van der Waals surface area contributed by atoms with E-state index in [2.05, 4.69) is 11.8 Å². The van der Waals surface area contributed by atoms with Gasteiger partial charge in [0, 0.05) is 13.1 Å². The van der Waals surface area contributed by atoms with Crippen LogP contribution in [0.25, 0.3) is 0 Å². The van der Waals surface area contributed by atoms with E-state index in [4.69, 9.17) is 10.7 Å². The Morgan fingerprint density at radius 1 is 1.18 bits per heavy atom. The first-order valence-electron chi connectivity index (χ1n) is 7.32. The largest absolute Gasteiger partial charge is 0.370 e. The third-order valence-corrected chi connectivity index (χ3v) is 4.97. The molecule has 2 saturated carbocycles. The van der Waals surface area contributed by atoms with E-state index < -0.39 is 0 Å². The number of nitrogens with two attached hydrogens (primary N) is 1. The fourth-order valence-electron chi connectivity index (χ4n) is 3.21. The summed E-state index contributed by atoms with van der Waals surface area (Å²) in [5.74, 6) is 3.55. The molecular weight excluding hydrogens is 210 g/mol. The first kappa shape index (κ1) is 11.4. The number of aliphatic imine (C=N–C) groups is 1. The molecular formula is C14H25N3. The molecule has 2 N–H and O–H groups in total. The molecule has 2 atom stereocenters. The first-order valence-corrected chi connectivity index (χ1v) is 7.32. The Morgan fingerprint density at radius 3 is 2.47 bits per heavy atom. The SMILES string of the molecule is CC1CCN(C(N)=N[C@@H]2C[C@H]2C2CCC2)CC1. The molecule has 3 fully saturated rings. The fourth-order valence-corrected chi connectivity index (χ4v) is 3.21. The Bertz CT molecular complexity index is 301. The second-order valence-electron chi connectivity index (χ2n) is 6.31. The molecule has 0 spiro atoms. The Balaban J connectivity index is 1.50. The fraction of sp³-hybridized carbons (Fsp3) is 0.929. The van der Waals surface area contributed by atoms with Crippen LogP contribution in [0.3, 0.4) is 0 Å². The highest BCUT2D eigenvalue weighted by molar-refractivity contribution is 5.78. The van der Waals surface area contributed by atoms with Crippen molar-refractivity contribution in [1.29, 1.82) is 0 Å². The molecule has 3 rings (SSSR count). The number of rotatable bonds is 2. The van der Waals surface area contributed by atoms with Gasteiger partial charge in [0.15, 0.2) is 5.96 Å². The molecule has 1 heterocycles. The Kier molecular flexibility index (Phi) is 3.01. The molecule has 3 aliphatic rings. The Hall–Kier alpha value is -0.730. The van der Waals surface area contributed by atoms with Crippen LogP contribution in [0.1, 0.15) is 45.4 Å². The van der Waals surface area contributed by atoms with E-state index in [0.717, 1.165) is 36.8 Å². The van der Waals surface area contributed by atoms with Gasteiger partial charge in [0.05, 0.1) is 6.04 Å². The van der Waals surface area contributed by atoms with Gasteiger partial charge in [-0.2, -0.15) is 0 Å². The highest BCUT2D eigenvalue weighted by Gasteiger charge is 2.45. The highest BCUT2D eigenvalue weighted by atomic mass is 15.3. The quantitative estimate of drug-likeness (QED) is 0.589. The van der Waals surface area contributed by atoms with Crippen LogP contribution in [0.4, 0.5) is 0 Å². The van der Waals surface area contributed by atoms with Crippen LogP contribution in [0.15, 0.2) is 4.99 Å². The van der Waals surface area contributed by atoms with Crippen LogP contribution < -0.4 is 5.73 Å². The van der Waals surface area contributed by atoms with Crippen LogP contribution in [-0.2, 0) is 0 Å². The van der Waals surface area contributed by atoms with Crippen LogP contribution in [0.5, 0.6) is 0 Å². The first-order chi connectivity index (χ1) is 8.24. The molecule has 0 aromatic carbocycles. The van der Waals surface area contributed by atoms with E-state index in [0.29, 0.717) is 6.04 Å². The minimum atomic E-state index is 0.569. The highest BCUT2D eigenvalue weighted by Crippen LogP contribution is 2.48. The average Bonchev–Trinajstić information content (AvgIpc) is 2.95. The molecule has 0 unspecified atom stereocenters. The van der Waals surface area contributed by atoms with Crippen molar-refractivity contribution in [3.05, 3.63) is 0 Å². The smallest absolute Gasteiger partial charge is 0.191 e. The van der Waals surface area contributed by atoms with Crippen LogP contribution in [0.2, 0.25) is 0 Å². The third kappa shape index (κ3) is 2.43. The van der Waals surface area contributed by atoms with Gasteiger partial charge in [0.1, 0.15) is 0 Å². The summed E-state index contributed by atoms with van der Waals surface area (Å²) in [6.07, 6.45) is 8.17. The van der Waals surface area contributed by atoms with Crippen molar-refractivity contribution in [3.63, 3.8) is 0 Å². The lowest BCUT2D eigenvalue weighted by molar-refractivity contribution is 0.269. The monoisotopic (exact) mass is 235 g/mol. The van der Waals surface area contributed by atoms with Gasteiger partial charge >= 0.3 is 0 Å². The third-order valence-electron chi connectivity index (χ3n) is 4.97. The van der Waals surface area contributed by atoms with E-state index in [-0.39, 0.29) is 0 Å². The molecule has 0 aromatic rings. The number of nitrogens with zero attached hydrogens (tertiary/aromatic N) is 2. The number of piperidine rings is 1. The summed E-state index contributed by atoms with van der Waals surface area (Å²) in [4.78, 5) is 7.03. The summed E-state index contributed by atoms with van der Waals surface area (Å²) >= 11 is 0. The molecule has 1 aliphatic heterocycles. The number of hydrogen-bond acceptors (Lipinski definition) is 1. The zero-order valence-corrected chi connectivity index (χ0v) is 10.9. The van der Waals surface area contributed by atoms with Crippen molar-refractivity contribution in [1.82, 2.24) is 4.90 Å². The second kappa shape index (κ2) is 4.51. The average molecular weight is 235 g/mol. The molecule has 0 amide bonds. The molecule has 1 saturated heterocycles. The van der Waals surface area contributed by atoms with Crippen molar-refractivity contribution >= 4 is 5.96 Å². The lowest BCUT2D eigenvalue weighted by atomic mass is 9.81. The van der Waals surface area contributed by atoms with E-state index in [1.165, 1.54) is 38.5 Å². The van der Waals surface area contributed by atoms with E-state index >= 15 is 0 Å².